The Morgan fingerprint density at radius 3 is 2.55 bits per heavy atom. The van der Waals surface area contributed by atoms with Crippen molar-refractivity contribution in [2.45, 2.75) is 25.3 Å². The topological polar surface area (TPSA) is 12.0 Å². The summed E-state index contributed by atoms with van der Waals surface area (Å²) in [6, 6.07) is 0.878. The van der Waals surface area contributed by atoms with Gasteiger partial charge in [0.25, 0.3) is 0 Å². The highest BCUT2D eigenvalue weighted by atomic mass is 32.2. The van der Waals surface area contributed by atoms with Crippen molar-refractivity contribution in [1.82, 2.24) is 5.32 Å². The first kappa shape index (κ1) is 7.93. The van der Waals surface area contributed by atoms with E-state index in [1.54, 1.807) is 0 Å². The molecule has 2 unspecified atom stereocenters. The molecule has 0 aromatic rings. The molecule has 0 aromatic heterocycles. The Hall–Kier alpha value is 0.310. The maximum Gasteiger partial charge on any atom is 0.00988 e. The second-order valence-electron chi connectivity index (χ2n) is 3.74. The van der Waals surface area contributed by atoms with E-state index >= 15 is 0 Å². The number of rotatable bonds is 2. The summed E-state index contributed by atoms with van der Waals surface area (Å²) in [6.45, 7) is 0. The molecule has 0 aromatic carbocycles. The lowest BCUT2D eigenvalue weighted by Gasteiger charge is -2.21. The fourth-order valence-corrected chi connectivity index (χ4v) is 3.35. The second-order valence-corrected chi connectivity index (χ2v) is 4.97. The van der Waals surface area contributed by atoms with Gasteiger partial charge >= 0.3 is 0 Å². The van der Waals surface area contributed by atoms with Gasteiger partial charge in [0.05, 0.1) is 0 Å². The average Bonchev–Trinajstić information content (AvgIpc) is 2.85. The Bertz CT molecular complexity index is 132. The molecule has 2 heteroatoms. The number of thioether (sulfide) groups is 1. The van der Waals surface area contributed by atoms with Gasteiger partial charge in [0.2, 0.25) is 0 Å². The van der Waals surface area contributed by atoms with Crippen molar-refractivity contribution in [2.75, 3.05) is 18.6 Å². The molecule has 64 valence electrons. The minimum Gasteiger partial charge on any atom is -0.317 e. The summed E-state index contributed by atoms with van der Waals surface area (Å²) >= 11 is 2.13. The van der Waals surface area contributed by atoms with Gasteiger partial charge in [-0.2, -0.15) is 11.8 Å². The summed E-state index contributed by atoms with van der Waals surface area (Å²) in [7, 11) is 2.10. The smallest absolute Gasteiger partial charge is 0.00988 e. The van der Waals surface area contributed by atoms with Crippen molar-refractivity contribution in [3.8, 4) is 0 Å². The molecule has 2 fully saturated rings. The van der Waals surface area contributed by atoms with Gasteiger partial charge in [-0.25, -0.2) is 0 Å². The molecule has 1 aliphatic heterocycles. The fraction of sp³-hybridized carbons (Fsp3) is 1.00. The van der Waals surface area contributed by atoms with Crippen LogP contribution in [0.2, 0.25) is 0 Å². The molecule has 1 nitrogen and oxygen atoms in total. The number of hydrogen-bond donors (Lipinski definition) is 1. The maximum atomic E-state index is 3.38. The van der Waals surface area contributed by atoms with Crippen molar-refractivity contribution in [3.05, 3.63) is 0 Å². The highest BCUT2D eigenvalue weighted by molar-refractivity contribution is 7.99. The molecular weight excluding hydrogens is 154 g/mol. The summed E-state index contributed by atoms with van der Waals surface area (Å²) < 4.78 is 0. The Labute approximate surface area is 73.3 Å². The van der Waals surface area contributed by atoms with Crippen LogP contribution < -0.4 is 5.32 Å². The molecule has 0 bridgehead atoms. The first-order valence-electron chi connectivity index (χ1n) is 4.67. The highest BCUT2D eigenvalue weighted by Gasteiger charge is 2.41. The van der Waals surface area contributed by atoms with Crippen molar-refractivity contribution in [3.63, 3.8) is 0 Å². The Kier molecular flexibility index (Phi) is 2.42. The molecule has 11 heavy (non-hydrogen) atoms. The molecule has 0 spiro atoms. The molecule has 1 heterocycles. The van der Waals surface area contributed by atoms with Gasteiger partial charge in [-0.05, 0) is 49.7 Å². The zero-order chi connectivity index (χ0) is 7.68. The largest absolute Gasteiger partial charge is 0.317 e. The number of hydrogen-bond acceptors (Lipinski definition) is 2. The predicted octanol–water partition coefficient (Wildman–Crippen LogP) is 1.74. The molecular formula is C9H17NS. The van der Waals surface area contributed by atoms with Crippen LogP contribution in [0.4, 0.5) is 0 Å². The van der Waals surface area contributed by atoms with E-state index in [-0.39, 0.29) is 0 Å². The van der Waals surface area contributed by atoms with Crippen molar-refractivity contribution in [1.29, 1.82) is 0 Å². The Morgan fingerprint density at radius 2 is 2.00 bits per heavy atom. The van der Waals surface area contributed by atoms with Gasteiger partial charge in [-0.1, -0.05) is 0 Å². The Morgan fingerprint density at radius 1 is 1.27 bits per heavy atom. The summed E-state index contributed by atoms with van der Waals surface area (Å²) in [6.07, 6.45) is 4.41. The van der Waals surface area contributed by atoms with Gasteiger partial charge in [0.15, 0.2) is 0 Å². The summed E-state index contributed by atoms with van der Waals surface area (Å²) in [5.74, 6) is 4.93. The molecule has 1 saturated carbocycles. The Balaban J connectivity index is 1.77. The van der Waals surface area contributed by atoms with E-state index in [4.69, 9.17) is 0 Å². The summed E-state index contributed by atoms with van der Waals surface area (Å²) in [5, 5.41) is 3.38. The molecule has 1 aliphatic carbocycles. The lowest BCUT2D eigenvalue weighted by atomic mass is 9.97. The monoisotopic (exact) mass is 171 g/mol. The van der Waals surface area contributed by atoms with Crippen LogP contribution in [-0.2, 0) is 0 Å². The highest BCUT2D eigenvalue weighted by Crippen LogP contribution is 2.43. The van der Waals surface area contributed by atoms with Gasteiger partial charge in [-0.3, -0.25) is 0 Å². The normalized spacial score (nSPS) is 39.0. The predicted molar refractivity (Wildman–Crippen MR) is 51.0 cm³/mol. The van der Waals surface area contributed by atoms with Crippen molar-refractivity contribution >= 4 is 11.8 Å². The van der Waals surface area contributed by atoms with Gasteiger partial charge in [0.1, 0.15) is 0 Å². The molecule has 2 rings (SSSR count). The maximum absolute atomic E-state index is 3.38. The lowest BCUT2D eigenvalue weighted by molar-refractivity contribution is 0.414. The molecule has 0 amide bonds. The lowest BCUT2D eigenvalue weighted by Crippen LogP contribution is -2.18. The molecule has 1 saturated heterocycles. The molecule has 2 aliphatic rings. The first-order valence-corrected chi connectivity index (χ1v) is 5.82. The summed E-state index contributed by atoms with van der Waals surface area (Å²) in [4.78, 5) is 0. The first-order chi connectivity index (χ1) is 5.42. The number of nitrogens with one attached hydrogen (secondary N) is 1. The molecule has 1 N–H and O–H groups in total. The molecule has 0 radical (unpaired) electrons. The van der Waals surface area contributed by atoms with Crippen LogP contribution in [0.3, 0.4) is 0 Å². The van der Waals surface area contributed by atoms with Crippen LogP contribution in [0.5, 0.6) is 0 Å². The van der Waals surface area contributed by atoms with Crippen LogP contribution in [0.15, 0.2) is 0 Å². The van der Waals surface area contributed by atoms with Gasteiger partial charge in [0, 0.05) is 6.04 Å². The third-order valence-corrected chi connectivity index (χ3v) is 4.13. The average molecular weight is 171 g/mol. The molecule has 2 atom stereocenters. The minimum atomic E-state index is 0.878. The van der Waals surface area contributed by atoms with E-state index in [9.17, 15) is 0 Å². The van der Waals surface area contributed by atoms with E-state index in [0.29, 0.717) is 0 Å². The third-order valence-electron chi connectivity index (χ3n) is 3.08. The van der Waals surface area contributed by atoms with E-state index < -0.39 is 0 Å². The quantitative estimate of drug-likeness (QED) is 0.679. The van der Waals surface area contributed by atoms with Crippen molar-refractivity contribution in [2.24, 2.45) is 11.8 Å². The van der Waals surface area contributed by atoms with Crippen LogP contribution in [-0.4, -0.2) is 24.6 Å². The zero-order valence-corrected chi connectivity index (χ0v) is 7.99. The standard InChI is InChI=1S/C9H17NS/c1-10-9-6-8(9)7-2-4-11-5-3-7/h7-10H,2-6H2,1H3. The van der Waals surface area contributed by atoms with Crippen molar-refractivity contribution < 1.29 is 0 Å². The summed E-state index contributed by atoms with van der Waals surface area (Å²) in [5.41, 5.74) is 0. The zero-order valence-electron chi connectivity index (χ0n) is 7.18. The van der Waals surface area contributed by atoms with Crippen LogP contribution >= 0.6 is 11.8 Å². The SMILES string of the molecule is CNC1CC1C1CCSCC1. The van der Waals surface area contributed by atoms with E-state index in [1.165, 1.54) is 30.8 Å². The van der Waals surface area contributed by atoms with Crippen LogP contribution in [0, 0.1) is 11.8 Å². The van der Waals surface area contributed by atoms with E-state index in [1.807, 2.05) is 0 Å². The van der Waals surface area contributed by atoms with Gasteiger partial charge < -0.3 is 5.32 Å². The van der Waals surface area contributed by atoms with Gasteiger partial charge in [-0.15, -0.1) is 0 Å². The van der Waals surface area contributed by atoms with Crippen LogP contribution in [0.25, 0.3) is 0 Å². The van der Waals surface area contributed by atoms with E-state index in [2.05, 4.69) is 24.1 Å². The second kappa shape index (κ2) is 3.36. The minimum absolute atomic E-state index is 0.878. The fourth-order valence-electron chi connectivity index (χ4n) is 2.21. The van der Waals surface area contributed by atoms with E-state index in [0.717, 1.165) is 17.9 Å². The van der Waals surface area contributed by atoms with Crippen LogP contribution in [0.1, 0.15) is 19.3 Å². The third kappa shape index (κ3) is 1.73.